The van der Waals surface area contributed by atoms with Crippen LogP contribution in [0.2, 0.25) is 5.15 Å². The van der Waals surface area contributed by atoms with E-state index in [-0.39, 0.29) is 23.2 Å². The summed E-state index contributed by atoms with van der Waals surface area (Å²) in [4.78, 5) is 26.6. The zero-order chi connectivity index (χ0) is 28.0. The van der Waals surface area contributed by atoms with Crippen LogP contribution in [0.3, 0.4) is 0 Å². The largest absolute Gasteiger partial charge is 0.381 e. The fourth-order valence-corrected chi connectivity index (χ4v) is 6.79. The Kier molecular flexibility index (Phi) is 6.97. The van der Waals surface area contributed by atoms with Crippen molar-refractivity contribution < 1.29 is 17.9 Å². The van der Waals surface area contributed by atoms with Gasteiger partial charge in [-0.2, -0.15) is 9.19 Å². The van der Waals surface area contributed by atoms with E-state index >= 15 is 0 Å². The van der Waals surface area contributed by atoms with E-state index in [9.17, 15) is 13.2 Å². The van der Waals surface area contributed by atoms with Crippen LogP contribution in [0.5, 0.6) is 0 Å². The van der Waals surface area contributed by atoms with Gasteiger partial charge in [-0.1, -0.05) is 11.6 Å². The highest BCUT2D eigenvalue weighted by molar-refractivity contribution is 7.90. The second kappa shape index (κ2) is 10.5. The molecule has 2 aliphatic rings. The molecule has 1 aliphatic carbocycles. The topological polar surface area (TPSA) is 146 Å². The predicted octanol–water partition coefficient (Wildman–Crippen LogP) is 3.92. The second-order valence-corrected chi connectivity index (χ2v) is 12.7. The van der Waals surface area contributed by atoms with E-state index in [0.29, 0.717) is 65.2 Å². The van der Waals surface area contributed by atoms with Crippen LogP contribution >= 0.6 is 11.6 Å². The highest BCUT2D eigenvalue weighted by Crippen LogP contribution is 2.35. The van der Waals surface area contributed by atoms with Crippen molar-refractivity contribution in [2.45, 2.75) is 56.9 Å². The number of pyridine rings is 1. The standard InChI is InChI=1S/C26H29ClN8O4S/c1-15(2)35-20-11-22(29-13-19(20)23(24(35)27)26(36)31-17-6-9-39-10-7-17)32-21-5-8-28-25(33-21)16-12-30-34(14-16)40(37,38)18-3-4-18/h5,8,11-15,17-18H,3-4,6-7,9-10H2,1-2H3,(H,31,36)(H,28,29,32,33). The van der Waals surface area contributed by atoms with Gasteiger partial charge in [-0.3, -0.25) is 4.79 Å². The maximum atomic E-state index is 13.3. The summed E-state index contributed by atoms with van der Waals surface area (Å²) in [6.07, 6.45) is 8.90. The summed E-state index contributed by atoms with van der Waals surface area (Å²) >= 11 is 6.78. The van der Waals surface area contributed by atoms with Crippen LogP contribution in [-0.4, -0.2) is 67.5 Å². The number of aromatic nitrogens is 6. The minimum absolute atomic E-state index is 0.0102. The number of halogens is 1. The molecule has 1 saturated carbocycles. The van der Waals surface area contributed by atoms with Crippen molar-refractivity contribution in [1.82, 2.24) is 34.0 Å². The normalized spacial score (nSPS) is 16.5. The van der Waals surface area contributed by atoms with Crippen molar-refractivity contribution in [3.8, 4) is 11.4 Å². The van der Waals surface area contributed by atoms with Gasteiger partial charge in [0.1, 0.15) is 16.8 Å². The molecule has 1 saturated heterocycles. The zero-order valence-corrected chi connectivity index (χ0v) is 23.6. The Morgan fingerprint density at radius 2 is 1.90 bits per heavy atom. The third-order valence-corrected chi connectivity index (χ3v) is 9.47. The lowest BCUT2D eigenvalue weighted by molar-refractivity contribution is 0.0697. The van der Waals surface area contributed by atoms with Crippen molar-refractivity contribution in [1.29, 1.82) is 0 Å². The van der Waals surface area contributed by atoms with E-state index in [1.54, 1.807) is 18.5 Å². The first kappa shape index (κ1) is 26.7. The zero-order valence-electron chi connectivity index (χ0n) is 22.0. The molecular weight excluding hydrogens is 556 g/mol. The van der Waals surface area contributed by atoms with E-state index in [1.165, 1.54) is 12.4 Å². The third kappa shape index (κ3) is 5.04. The van der Waals surface area contributed by atoms with Gasteiger partial charge in [-0.15, -0.1) is 0 Å². The maximum absolute atomic E-state index is 13.3. The molecule has 0 aromatic carbocycles. The quantitative estimate of drug-likeness (QED) is 0.314. The number of carbonyl (C=O) groups excluding carboxylic acids is 1. The van der Waals surface area contributed by atoms with Crippen LogP contribution in [-0.2, 0) is 14.8 Å². The first-order valence-electron chi connectivity index (χ1n) is 13.2. The van der Waals surface area contributed by atoms with Crippen LogP contribution in [0.1, 0.15) is 55.9 Å². The Balaban J connectivity index is 1.28. The van der Waals surface area contributed by atoms with Gasteiger partial charge in [0.05, 0.1) is 34.3 Å². The van der Waals surface area contributed by atoms with E-state index < -0.39 is 10.0 Å². The van der Waals surface area contributed by atoms with Crippen LogP contribution in [0.15, 0.2) is 36.9 Å². The van der Waals surface area contributed by atoms with Crippen molar-refractivity contribution in [2.75, 3.05) is 18.5 Å². The van der Waals surface area contributed by atoms with Crippen molar-refractivity contribution in [2.24, 2.45) is 0 Å². The van der Waals surface area contributed by atoms with Gasteiger partial charge in [0.2, 0.25) is 0 Å². The fourth-order valence-electron chi connectivity index (χ4n) is 4.84. The van der Waals surface area contributed by atoms with Crippen molar-refractivity contribution >= 4 is 50.1 Å². The number of carbonyl (C=O) groups is 1. The summed E-state index contributed by atoms with van der Waals surface area (Å²) in [7, 11) is -3.48. The fraction of sp³-hybridized carbons (Fsp3) is 0.423. The number of hydrogen-bond acceptors (Lipinski definition) is 9. The predicted molar refractivity (Wildman–Crippen MR) is 150 cm³/mol. The Morgan fingerprint density at radius 1 is 1.12 bits per heavy atom. The van der Waals surface area contributed by atoms with Crippen LogP contribution in [0, 0.1) is 0 Å². The molecule has 2 fully saturated rings. The summed E-state index contributed by atoms with van der Waals surface area (Å²) in [5.74, 6) is 1.05. The summed E-state index contributed by atoms with van der Waals surface area (Å²) < 4.78 is 33.3. The lowest BCUT2D eigenvalue weighted by Crippen LogP contribution is -2.39. The molecule has 5 heterocycles. The minimum Gasteiger partial charge on any atom is -0.381 e. The Hall–Kier alpha value is -3.55. The van der Waals surface area contributed by atoms with Gasteiger partial charge in [0.15, 0.2) is 5.82 Å². The average Bonchev–Trinajstić information content (AvgIpc) is 3.59. The molecule has 40 heavy (non-hydrogen) atoms. The molecular formula is C26H29ClN8O4S. The van der Waals surface area contributed by atoms with Gasteiger partial charge in [0, 0.05) is 49.1 Å². The van der Waals surface area contributed by atoms with Gasteiger partial charge >= 0.3 is 0 Å². The highest BCUT2D eigenvalue weighted by Gasteiger charge is 2.37. The first-order chi connectivity index (χ1) is 19.2. The van der Waals surface area contributed by atoms with E-state index in [0.717, 1.165) is 22.4 Å². The molecule has 4 aromatic rings. The number of amides is 1. The average molecular weight is 585 g/mol. The summed E-state index contributed by atoms with van der Waals surface area (Å²) in [6.45, 7) is 5.24. The Morgan fingerprint density at radius 3 is 2.62 bits per heavy atom. The van der Waals surface area contributed by atoms with Gasteiger partial charge < -0.3 is 19.9 Å². The molecule has 12 nitrogen and oxygen atoms in total. The number of hydrogen-bond donors (Lipinski definition) is 2. The number of anilines is 2. The lowest BCUT2D eigenvalue weighted by Gasteiger charge is -2.23. The smallest absolute Gasteiger partial charge is 0.256 e. The van der Waals surface area contributed by atoms with Crippen LogP contribution < -0.4 is 10.6 Å². The number of rotatable bonds is 8. The summed E-state index contributed by atoms with van der Waals surface area (Å²) in [5, 5.41) is 10.9. The molecule has 4 aromatic heterocycles. The number of ether oxygens (including phenoxy) is 1. The van der Waals surface area contributed by atoms with Gasteiger partial charge in [0.25, 0.3) is 15.9 Å². The first-order valence-corrected chi connectivity index (χ1v) is 15.1. The number of nitrogens with one attached hydrogen (secondary N) is 2. The van der Waals surface area contributed by atoms with Gasteiger partial charge in [-0.05, 0) is 45.6 Å². The number of fused-ring (bicyclic) bond motifs is 1. The highest BCUT2D eigenvalue weighted by atomic mass is 35.5. The number of nitrogens with zero attached hydrogens (tertiary/aromatic N) is 6. The molecule has 1 amide bonds. The molecule has 14 heteroatoms. The molecule has 210 valence electrons. The molecule has 0 radical (unpaired) electrons. The molecule has 0 atom stereocenters. The van der Waals surface area contributed by atoms with Crippen molar-refractivity contribution in [3.63, 3.8) is 0 Å². The second-order valence-electron chi connectivity index (χ2n) is 10.3. The Bertz CT molecular complexity index is 1690. The molecule has 0 unspecified atom stereocenters. The van der Waals surface area contributed by atoms with Crippen LogP contribution in [0.4, 0.5) is 11.6 Å². The molecule has 2 N–H and O–H groups in total. The molecule has 1 aliphatic heterocycles. The summed E-state index contributed by atoms with van der Waals surface area (Å²) in [6, 6.07) is 3.54. The SMILES string of the molecule is CC(C)n1c(Cl)c(C(=O)NC2CCOCC2)c2cnc(Nc3ccnc(-c4cnn(S(=O)(=O)C5CC5)c4)n3)cc21. The molecule has 0 spiro atoms. The maximum Gasteiger partial charge on any atom is 0.256 e. The van der Waals surface area contributed by atoms with E-state index in [4.69, 9.17) is 16.3 Å². The Labute approximate surface area is 236 Å². The van der Waals surface area contributed by atoms with Crippen molar-refractivity contribution in [3.05, 3.63) is 47.6 Å². The summed E-state index contributed by atoms with van der Waals surface area (Å²) in [5.41, 5.74) is 1.64. The van der Waals surface area contributed by atoms with E-state index in [2.05, 4.69) is 30.7 Å². The van der Waals surface area contributed by atoms with E-state index in [1.807, 2.05) is 24.5 Å². The third-order valence-electron chi connectivity index (χ3n) is 7.07. The van der Waals surface area contributed by atoms with Crippen LogP contribution in [0.25, 0.3) is 22.3 Å². The lowest BCUT2D eigenvalue weighted by atomic mass is 10.1. The minimum atomic E-state index is -3.48. The van der Waals surface area contributed by atoms with Gasteiger partial charge in [-0.25, -0.2) is 23.4 Å². The molecule has 0 bridgehead atoms. The monoisotopic (exact) mass is 584 g/mol. The molecule has 6 rings (SSSR count).